The van der Waals surface area contributed by atoms with Gasteiger partial charge in [0, 0.05) is 11.3 Å². The molecule has 1 heterocycles. The van der Waals surface area contributed by atoms with E-state index in [9.17, 15) is 14.4 Å². The number of thioether (sulfide) groups is 1. The number of aryl methyl sites for hydroxylation is 3. The molecular formula is C19H25NO4S. The maximum atomic E-state index is 13.0. The molecule has 1 aromatic rings. The lowest BCUT2D eigenvalue weighted by molar-refractivity contribution is -0.153. The van der Waals surface area contributed by atoms with Crippen molar-refractivity contribution in [3.05, 3.63) is 34.4 Å². The number of rotatable bonds is 4. The van der Waals surface area contributed by atoms with Crippen LogP contribution in [0.5, 0.6) is 0 Å². The largest absolute Gasteiger partial charge is 0.464 e. The second kappa shape index (κ2) is 7.20. The molecule has 1 aliphatic heterocycles. The molecule has 1 aromatic carbocycles. The molecule has 0 bridgehead atoms. The van der Waals surface area contributed by atoms with Crippen molar-refractivity contribution >= 4 is 29.4 Å². The zero-order chi connectivity index (χ0) is 18.9. The molecule has 1 fully saturated rings. The number of carbonyl (C=O) groups excluding carboxylic acids is 3. The molecule has 6 heteroatoms. The summed E-state index contributed by atoms with van der Waals surface area (Å²) < 4.78 is 5.09. The van der Waals surface area contributed by atoms with Crippen LogP contribution in [-0.2, 0) is 14.3 Å². The molecular weight excluding hydrogens is 338 g/mol. The van der Waals surface area contributed by atoms with Crippen LogP contribution in [-0.4, -0.2) is 45.8 Å². The van der Waals surface area contributed by atoms with E-state index in [0.29, 0.717) is 11.3 Å². The number of ketones is 1. The van der Waals surface area contributed by atoms with E-state index >= 15 is 0 Å². The van der Waals surface area contributed by atoms with Gasteiger partial charge in [0.2, 0.25) is 0 Å². The molecule has 1 atom stereocenters. The van der Waals surface area contributed by atoms with Crippen molar-refractivity contribution in [3.8, 4) is 0 Å². The van der Waals surface area contributed by atoms with Crippen molar-refractivity contribution in [3.63, 3.8) is 0 Å². The van der Waals surface area contributed by atoms with Crippen LogP contribution in [0.2, 0.25) is 0 Å². The summed E-state index contributed by atoms with van der Waals surface area (Å²) in [7, 11) is 0. The van der Waals surface area contributed by atoms with Gasteiger partial charge in [-0.1, -0.05) is 17.7 Å². The number of esters is 1. The van der Waals surface area contributed by atoms with Gasteiger partial charge < -0.3 is 9.64 Å². The summed E-state index contributed by atoms with van der Waals surface area (Å²) in [5, 5.41) is 0. The van der Waals surface area contributed by atoms with Gasteiger partial charge in [-0.25, -0.2) is 4.79 Å². The average molecular weight is 363 g/mol. The quantitative estimate of drug-likeness (QED) is 0.467. The summed E-state index contributed by atoms with van der Waals surface area (Å²) in [5.41, 5.74) is 3.01. The normalized spacial score (nSPS) is 19.0. The highest BCUT2D eigenvalue weighted by molar-refractivity contribution is 8.00. The van der Waals surface area contributed by atoms with Gasteiger partial charge in [-0.15, -0.1) is 11.8 Å². The fourth-order valence-corrected chi connectivity index (χ4v) is 4.55. The van der Waals surface area contributed by atoms with E-state index in [1.807, 2.05) is 46.8 Å². The van der Waals surface area contributed by atoms with Crippen molar-refractivity contribution in [2.45, 2.75) is 52.5 Å². The Bertz CT molecular complexity index is 703. The van der Waals surface area contributed by atoms with Crippen molar-refractivity contribution in [2.24, 2.45) is 0 Å². The van der Waals surface area contributed by atoms with Crippen LogP contribution in [0.1, 0.15) is 47.8 Å². The number of hydrogen-bond acceptors (Lipinski definition) is 5. The molecule has 136 valence electrons. The summed E-state index contributed by atoms with van der Waals surface area (Å²) in [6, 6.07) is 3.04. The molecule has 1 saturated heterocycles. The van der Waals surface area contributed by atoms with E-state index in [-0.39, 0.29) is 6.61 Å². The Morgan fingerprint density at radius 1 is 1.20 bits per heavy atom. The Labute approximate surface area is 153 Å². The molecule has 0 aliphatic carbocycles. The molecule has 0 N–H and O–H groups in total. The number of amides is 1. The maximum absolute atomic E-state index is 13.0. The first kappa shape index (κ1) is 19.5. The molecule has 0 spiro atoms. The van der Waals surface area contributed by atoms with Gasteiger partial charge in [0.1, 0.15) is 6.04 Å². The summed E-state index contributed by atoms with van der Waals surface area (Å²) in [5.74, 6) is -1.25. The number of hydrogen-bond donors (Lipinski definition) is 0. The number of Topliss-reactive ketones (excluding diaryl/α,β-unsaturated/α-hetero) is 1. The number of benzene rings is 1. The molecule has 0 radical (unpaired) electrons. The molecule has 0 unspecified atom stereocenters. The van der Waals surface area contributed by atoms with Crippen molar-refractivity contribution in [1.82, 2.24) is 4.90 Å². The minimum absolute atomic E-state index is 0.243. The van der Waals surface area contributed by atoms with Gasteiger partial charge in [-0.05, 0) is 52.7 Å². The molecule has 1 amide bonds. The average Bonchev–Trinajstić information content (AvgIpc) is 2.81. The summed E-state index contributed by atoms with van der Waals surface area (Å²) in [4.78, 5) is 39.0. The smallest absolute Gasteiger partial charge is 0.329 e. The SMILES string of the molecule is CCOC(=O)[C@@H]1CSC(C)(C)N1C(=O)C(=O)c1c(C)cc(C)cc1C. The second-order valence-electron chi connectivity index (χ2n) is 6.80. The Morgan fingerprint density at radius 2 is 1.76 bits per heavy atom. The maximum Gasteiger partial charge on any atom is 0.329 e. The van der Waals surface area contributed by atoms with Gasteiger partial charge >= 0.3 is 5.97 Å². The first-order valence-electron chi connectivity index (χ1n) is 8.36. The van der Waals surface area contributed by atoms with Gasteiger partial charge in [0.15, 0.2) is 0 Å². The highest BCUT2D eigenvalue weighted by atomic mass is 32.2. The molecule has 2 rings (SSSR count). The minimum atomic E-state index is -0.734. The fraction of sp³-hybridized carbons (Fsp3) is 0.526. The number of ether oxygens (including phenoxy) is 1. The van der Waals surface area contributed by atoms with Crippen LogP contribution in [0.25, 0.3) is 0 Å². The zero-order valence-electron chi connectivity index (χ0n) is 15.6. The van der Waals surface area contributed by atoms with Crippen LogP contribution in [0.15, 0.2) is 12.1 Å². The van der Waals surface area contributed by atoms with E-state index in [2.05, 4.69) is 0 Å². The lowest BCUT2D eigenvalue weighted by Crippen LogP contribution is -2.52. The minimum Gasteiger partial charge on any atom is -0.464 e. The van der Waals surface area contributed by atoms with Gasteiger partial charge in [-0.3, -0.25) is 9.59 Å². The highest BCUT2D eigenvalue weighted by Gasteiger charge is 2.49. The standard InChI is InChI=1S/C19H25NO4S/c1-7-24-18(23)14-10-25-19(5,6)20(14)17(22)16(21)15-12(3)8-11(2)9-13(15)4/h8-9,14H,7,10H2,1-6H3/t14-/m0/s1. The fourth-order valence-electron chi connectivity index (χ4n) is 3.35. The van der Waals surface area contributed by atoms with Crippen molar-refractivity contribution in [1.29, 1.82) is 0 Å². The monoisotopic (exact) mass is 363 g/mol. The van der Waals surface area contributed by atoms with Gasteiger partial charge in [0.25, 0.3) is 11.7 Å². The lowest BCUT2D eigenvalue weighted by atomic mass is 9.95. The lowest BCUT2D eigenvalue weighted by Gasteiger charge is -2.33. The van der Waals surface area contributed by atoms with E-state index in [4.69, 9.17) is 4.74 Å². The van der Waals surface area contributed by atoms with Crippen molar-refractivity contribution < 1.29 is 19.1 Å². The first-order valence-corrected chi connectivity index (χ1v) is 9.35. The Morgan fingerprint density at radius 3 is 2.28 bits per heavy atom. The zero-order valence-corrected chi connectivity index (χ0v) is 16.5. The predicted molar refractivity (Wildman–Crippen MR) is 98.8 cm³/mol. The number of carbonyl (C=O) groups is 3. The third-order valence-corrected chi connectivity index (χ3v) is 5.75. The van der Waals surface area contributed by atoms with E-state index in [1.54, 1.807) is 6.92 Å². The van der Waals surface area contributed by atoms with Crippen LogP contribution in [0, 0.1) is 20.8 Å². The van der Waals surface area contributed by atoms with Crippen LogP contribution < -0.4 is 0 Å². The predicted octanol–water partition coefficient (Wildman–Crippen LogP) is 3.04. The Hall–Kier alpha value is -1.82. The second-order valence-corrected chi connectivity index (χ2v) is 8.42. The van der Waals surface area contributed by atoms with E-state index in [0.717, 1.165) is 16.7 Å². The first-order chi connectivity index (χ1) is 11.6. The molecule has 0 aromatic heterocycles. The topological polar surface area (TPSA) is 63.7 Å². The van der Waals surface area contributed by atoms with Crippen LogP contribution >= 0.6 is 11.8 Å². The highest BCUT2D eigenvalue weighted by Crippen LogP contribution is 2.39. The third-order valence-electron chi connectivity index (χ3n) is 4.36. The molecule has 1 aliphatic rings. The van der Waals surface area contributed by atoms with Gasteiger partial charge in [0.05, 0.1) is 11.5 Å². The number of nitrogens with zero attached hydrogens (tertiary/aromatic N) is 1. The van der Waals surface area contributed by atoms with Gasteiger partial charge in [-0.2, -0.15) is 0 Å². The van der Waals surface area contributed by atoms with E-state index in [1.165, 1.54) is 16.7 Å². The summed E-state index contributed by atoms with van der Waals surface area (Å²) >= 11 is 1.47. The Kier molecular flexibility index (Phi) is 5.62. The molecule has 25 heavy (non-hydrogen) atoms. The molecule has 5 nitrogen and oxygen atoms in total. The van der Waals surface area contributed by atoms with Crippen LogP contribution in [0.4, 0.5) is 0 Å². The Balaban J connectivity index is 2.40. The summed E-state index contributed by atoms with van der Waals surface area (Å²) in [6.07, 6.45) is 0. The van der Waals surface area contributed by atoms with Crippen molar-refractivity contribution in [2.75, 3.05) is 12.4 Å². The third kappa shape index (κ3) is 3.73. The van der Waals surface area contributed by atoms with E-state index < -0.39 is 28.6 Å². The van der Waals surface area contributed by atoms with Crippen LogP contribution in [0.3, 0.4) is 0 Å². The molecule has 0 saturated carbocycles. The summed E-state index contributed by atoms with van der Waals surface area (Å²) in [6.45, 7) is 11.3.